The Balaban J connectivity index is 1.64. The highest BCUT2D eigenvalue weighted by molar-refractivity contribution is 5.94. The lowest BCUT2D eigenvalue weighted by Crippen LogP contribution is -2.53. The van der Waals surface area contributed by atoms with Crippen molar-refractivity contribution in [1.29, 1.82) is 0 Å². The van der Waals surface area contributed by atoms with Crippen LogP contribution in [0.1, 0.15) is 36.0 Å². The predicted octanol–water partition coefficient (Wildman–Crippen LogP) is 1.94. The van der Waals surface area contributed by atoms with Crippen molar-refractivity contribution in [2.24, 2.45) is 0 Å². The number of likely N-dealkylation sites (tertiary alicyclic amines) is 1. The van der Waals surface area contributed by atoms with Gasteiger partial charge in [-0.05, 0) is 45.8 Å². The first-order valence-electron chi connectivity index (χ1n) is 8.20. The number of carbonyl (C=O) groups is 1. The largest absolute Gasteiger partial charge is 0.375 e. The third-order valence-corrected chi connectivity index (χ3v) is 5.16. The molecule has 6 heteroatoms. The molecule has 0 radical (unpaired) electrons. The van der Waals surface area contributed by atoms with Crippen LogP contribution in [0.3, 0.4) is 0 Å². The number of halogens is 1. The number of rotatable bonds is 2. The standard InChI is InChI=1S/C17H24FN3O2/c1-20(2)13-4-10-23-17(11-13)5-8-21(9-6-17)16(22)14-3-7-19-12-15(14)18/h3,7,12-13H,4-6,8-11H2,1-2H3. The van der Waals surface area contributed by atoms with Gasteiger partial charge in [-0.25, -0.2) is 4.39 Å². The van der Waals surface area contributed by atoms with Crippen LogP contribution in [0.15, 0.2) is 18.5 Å². The van der Waals surface area contributed by atoms with Gasteiger partial charge in [0.2, 0.25) is 0 Å². The number of hydrogen-bond acceptors (Lipinski definition) is 4. The van der Waals surface area contributed by atoms with Crippen LogP contribution >= 0.6 is 0 Å². The Kier molecular flexibility index (Phi) is 4.64. The van der Waals surface area contributed by atoms with Crippen molar-refractivity contribution in [3.63, 3.8) is 0 Å². The van der Waals surface area contributed by atoms with Gasteiger partial charge < -0.3 is 14.5 Å². The normalized spacial score (nSPS) is 24.2. The zero-order valence-corrected chi connectivity index (χ0v) is 13.8. The second-order valence-corrected chi connectivity index (χ2v) is 6.79. The van der Waals surface area contributed by atoms with Gasteiger partial charge in [0, 0.05) is 31.9 Å². The summed E-state index contributed by atoms with van der Waals surface area (Å²) in [5.41, 5.74) is -0.0208. The molecule has 1 atom stereocenters. The predicted molar refractivity (Wildman–Crippen MR) is 84.7 cm³/mol. The van der Waals surface area contributed by atoms with Gasteiger partial charge in [0.1, 0.15) is 0 Å². The maximum absolute atomic E-state index is 13.7. The second-order valence-electron chi connectivity index (χ2n) is 6.79. The summed E-state index contributed by atoms with van der Waals surface area (Å²) in [6.07, 6.45) is 6.23. The van der Waals surface area contributed by atoms with E-state index in [4.69, 9.17) is 4.74 Å². The van der Waals surface area contributed by atoms with E-state index in [0.717, 1.165) is 38.5 Å². The number of nitrogens with zero attached hydrogens (tertiary/aromatic N) is 3. The molecule has 1 aromatic heterocycles. The molecule has 1 unspecified atom stereocenters. The number of aromatic nitrogens is 1. The summed E-state index contributed by atoms with van der Waals surface area (Å²) in [5, 5.41) is 0. The van der Waals surface area contributed by atoms with Gasteiger partial charge in [-0.2, -0.15) is 0 Å². The Hall–Kier alpha value is -1.53. The van der Waals surface area contributed by atoms with Gasteiger partial charge in [0.25, 0.3) is 5.91 Å². The van der Waals surface area contributed by atoms with E-state index in [9.17, 15) is 9.18 Å². The molecule has 1 aromatic rings. The van der Waals surface area contributed by atoms with Crippen molar-refractivity contribution in [1.82, 2.24) is 14.8 Å². The van der Waals surface area contributed by atoms with E-state index in [0.29, 0.717) is 19.1 Å². The van der Waals surface area contributed by atoms with Crippen molar-refractivity contribution >= 4 is 5.91 Å². The fourth-order valence-corrected chi connectivity index (χ4v) is 3.63. The third kappa shape index (κ3) is 3.38. The summed E-state index contributed by atoms with van der Waals surface area (Å²) < 4.78 is 19.8. The lowest BCUT2D eigenvalue weighted by Gasteiger charge is -2.47. The molecule has 3 heterocycles. The molecule has 0 bridgehead atoms. The molecular formula is C17H24FN3O2. The minimum absolute atomic E-state index is 0.103. The molecule has 0 saturated carbocycles. The fourth-order valence-electron chi connectivity index (χ4n) is 3.63. The molecule has 1 spiro atoms. The average Bonchev–Trinajstić information content (AvgIpc) is 2.55. The maximum atomic E-state index is 13.7. The molecule has 126 valence electrons. The zero-order chi connectivity index (χ0) is 16.4. The third-order valence-electron chi connectivity index (χ3n) is 5.16. The zero-order valence-electron chi connectivity index (χ0n) is 13.8. The van der Waals surface area contributed by atoms with E-state index in [1.165, 1.54) is 12.3 Å². The van der Waals surface area contributed by atoms with Crippen LogP contribution in [0.5, 0.6) is 0 Å². The second kappa shape index (κ2) is 6.53. The van der Waals surface area contributed by atoms with E-state index >= 15 is 0 Å². The molecule has 0 N–H and O–H groups in total. The van der Waals surface area contributed by atoms with Crippen molar-refractivity contribution < 1.29 is 13.9 Å². The molecule has 0 aliphatic carbocycles. The van der Waals surface area contributed by atoms with Crippen LogP contribution in [0.25, 0.3) is 0 Å². The van der Waals surface area contributed by atoms with E-state index < -0.39 is 5.82 Å². The fraction of sp³-hybridized carbons (Fsp3) is 0.647. The molecule has 5 nitrogen and oxygen atoms in total. The first-order chi connectivity index (χ1) is 11.0. The van der Waals surface area contributed by atoms with Crippen molar-refractivity contribution in [3.05, 3.63) is 29.8 Å². The quantitative estimate of drug-likeness (QED) is 0.835. The highest BCUT2D eigenvalue weighted by atomic mass is 19.1. The highest BCUT2D eigenvalue weighted by Crippen LogP contribution is 2.36. The summed E-state index contributed by atoms with van der Waals surface area (Å²) in [6, 6.07) is 1.98. The van der Waals surface area contributed by atoms with Crippen LogP contribution < -0.4 is 0 Å². The first-order valence-corrected chi connectivity index (χ1v) is 8.20. The summed E-state index contributed by atoms with van der Waals surface area (Å²) >= 11 is 0. The highest BCUT2D eigenvalue weighted by Gasteiger charge is 2.41. The monoisotopic (exact) mass is 321 g/mol. The molecular weight excluding hydrogens is 297 g/mol. The number of ether oxygens (including phenoxy) is 1. The van der Waals surface area contributed by atoms with E-state index in [1.54, 1.807) is 4.90 Å². The SMILES string of the molecule is CN(C)C1CCOC2(CCN(C(=O)c3ccncc3F)CC2)C1. The smallest absolute Gasteiger partial charge is 0.256 e. The van der Waals surface area contributed by atoms with E-state index in [-0.39, 0.29) is 17.1 Å². The van der Waals surface area contributed by atoms with E-state index in [1.807, 2.05) is 0 Å². The number of piperidine rings is 1. The molecule has 2 aliphatic heterocycles. The van der Waals surface area contributed by atoms with Crippen LogP contribution in [0.4, 0.5) is 4.39 Å². The summed E-state index contributed by atoms with van der Waals surface area (Å²) in [5.74, 6) is -0.806. The Bertz CT molecular complexity index is 571. The van der Waals surface area contributed by atoms with Gasteiger partial charge in [-0.1, -0.05) is 0 Å². The number of pyridine rings is 1. The Morgan fingerprint density at radius 3 is 2.83 bits per heavy atom. The lowest BCUT2D eigenvalue weighted by atomic mass is 9.82. The molecule has 2 aliphatic rings. The topological polar surface area (TPSA) is 45.7 Å². The van der Waals surface area contributed by atoms with Gasteiger partial charge in [-0.3, -0.25) is 9.78 Å². The van der Waals surface area contributed by atoms with Crippen molar-refractivity contribution in [2.45, 2.75) is 37.3 Å². The Morgan fingerprint density at radius 1 is 1.43 bits per heavy atom. The van der Waals surface area contributed by atoms with Gasteiger partial charge >= 0.3 is 0 Å². The maximum Gasteiger partial charge on any atom is 0.256 e. The average molecular weight is 321 g/mol. The Labute approximate surface area is 136 Å². The van der Waals surface area contributed by atoms with Crippen molar-refractivity contribution in [3.8, 4) is 0 Å². The van der Waals surface area contributed by atoms with Crippen LogP contribution in [-0.2, 0) is 4.74 Å². The number of carbonyl (C=O) groups excluding carboxylic acids is 1. The van der Waals surface area contributed by atoms with Crippen molar-refractivity contribution in [2.75, 3.05) is 33.8 Å². The minimum Gasteiger partial charge on any atom is -0.375 e. The minimum atomic E-state index is -0.556. The molecule has 1 amide bonds. The molecule has 2 saturated heterocycles. The summed E-state index contributed by atoms with van der Waals surface area (Å²) in [4.78, 5) is 20.2. The van der Waals surface area contributed by atoms with Gasteiger partial charge in [0.15, 0.2) is 5.82 Å². The Morgan fingerprint density at radius 2 is 2.17 bits per heavy atom. The molecule has 3 rings (SSSR count). The molecule has 0 aromatic carbocycles. The van der Waals surface area contributed by atoms with Crippen LogP contribution in [0.2, 0.25) is 0 Å². The molecule has 2 fully saturated rings. The molecule has 23 heavy (non-hydrogen) atoms. The number of hydrogen-bond donors (Lipinski definition) is 0. The number of amides is 1. The van der Waals surface area contributed by atoms with E-state index in [2.05, 4.69) is 24.0 Å². The lowest BCUT2D eigenvalue weighted by molar-refractivity contribution is -0.125. The summed E-state index contributed by atoms with van der Waals surface area (Å²) in [7, 11) is 4.21. The summed E-state index contributed by atoms with van der Waals surface area (Å²) in [6.45, 7) is 2.00. The first kappa shape index (κ1) is 16.3. The van der Waals surface area contributed by atoms with Crippen LogP contribution in [0, 0.1) is 5.82 Å². The van der Waals surface area contributed by atoms with Gasteiger partial charge in [-0.15, -0.1) is 0 Å². The van der Waals surface area contributed by atoms with Gasteiger partial charge in [0.05, 0.1) is 17.4 Å². The van der Waals surface area contributed by atoms with Crippen LogP contribution in [-0.4, -0.2) is 66.1 Å².